The number of rotatable bonds is 3. The highest BCUT2D eigenvalue weighted by Crippen LogP contribution is 2.40. The highest BCUT2D eigenvalue weighted by Gasteiger charge is 2.23. The first-order valence-corrected chi connectivity index (χ1v) is 9.10. The Balaban J connectivity index is 1.77. The molecule has 5 nitrogen and oxygen atoms in total. The largest absolute Gasteiger partial charge is 0.341 e. The standard InChI is InChI=1S/C19H18FN3O2S/c1-22-8-9-23-16-7-4-13(20)10-15(16)18(17(23)11-22)26-14-5-2-12(3-6-14)19(24)21-25/h2-7,10,25H,8-9,11H2,1H3,(H,21,24). The molecule has 0 bridgehead atoms. The lowest BCUT2D eigenvalue weighted by Crippen LogP contribution is -2.30. The predicted molar refractivity (Wildman–Crippen MR) is 98.0 cm³/mol. The summed E-state index contributed by atoms with van der Waals surface area (Å²) >= 11 is 1.57. The summed E-state index contributed by atoms with van der Waals surface area (Å²) in [5, 5.41) is 9.63. The van der Waals surface area contributed by atoms with Gasteiger partial charge in [-0.05, 0) is 49.5 Å². The van der Waals surface area contributed by atoms with E-state index in [1.165, 1.54) is 11.8 Å². The Bertz CT molecular complexity index is 985. The molecule has 1 aliphatic heterocycles. The number of aromatic nitrogens is 1. The van der Waals surface area contributed by atoms with Crippen LogP contribution in [0.1, 0.15) is 16.1 Å². The molecule has 0 unspecified atom stereocenters. The van der Waals surface area contributed by atoms with Gasteiger partial charge in [0.2, 0.25) is 0 Å². The normalized spacial score (nSPS) is 14.4. The van der Waals surface area contributed by atoms with Gasteiger partial charge in [0.05, 0.1) is 0 Å². The maximum absolute atomic E-state index is 13.9. The third-order valence-corrected chi connectivity index (χ3v) is 5.81. The van der Waals surface area contributed by atoms with Gasteiger partial charge in [0.15, 0.2) is 0 Å². The van der Waals surface area contributed by atoms with Gasteiger partial charge in [-0.25, -0.2) is 9.87 Å². The van der Waals surface area contributed by atoms with E-state index in [0.717, 1.165) is 40.3 Å². The second-order valence-electron chi connectivity index (χ2n) is 6.39. The summed E-state index contributed by atoms with van der Waals surface area (Å²) in [6.45, 7) is 2.65. The second-order valence-corrected chi connectivity index (χ2v) is 7.48. The molecule has 1 amide bonds. The summed E-state index contributed by atoms with van der Waals surface area (Å²) in [5.74, 6) is -0.789. The van der Waals surface area contributed by atoms with Crippen molar-refractivity contribution < 1.29 is 14.4 Å². The van der Waals surface area contributed by atoms with Crippen LogP contribution in [0.25, 0.3) is 10.9 Å². The Morgan fingerprint density at radius 3 is 2.69 bits per heavy atom. The Kier molecular flexibility index (Phi) is 4.44. The lowest BCUT2D eigenvalue weighted by Gasteiger charge is -2.26. The lowest BCUT2D eigenvalue weighted by atomic mass is 10.2. The number of fused-ring (bicyclic) bond motifs is 3. The molecule has 26 heavy (non-hydrogen) atoms. The first kappa shape index (κ1) is 17.1. The molecule has 3 aromatic rings. The van der Waals surface area contributed by atoms with E-state index >= 15 is 0 Å². The topological polar surface area (TPSA) is 57.5 Å². The number of nitrogens with zero attached hydrogens (tertiary/aromatic N) is 2. The number of benzene rings is 2. The summed E-state index contributed by atoms with van der Waals surface area (Å²) in [6.07, 6.45) is 0. The summed E-state index contributed by atoms with van der Waals surface area (Å²) in [6, 6.07) is 11.9. The third kappa shape index (κ3) is 2.98. The van der Waals surface area contributed by atoms with Crippen molar-refractivity contribution in [3.05, 3.63) is 59.5 Å². The first-order valence-electron chi connectivity index (χ1n) is 8.28. The summed E-state index contributed by atoms with van der Waals surface area (Å²) in [5.41, 5.74) is 4.24. The Labute approximate surface area is 154 Å². The number of carbonyl (C=O) groups is 1. The number of halogens is 1. The van der Waals surface area contributed by atoms with E-state index in [4.69, 9.17) is 5.21 Å². The molecule has 0 aliphatic carbocycles. The maximum Gasteiger partial charge on any atom is 0.274 e. The van der Waals surface area contributed by atoms with E-state index in [-0.39, 0.29) is 5.82 Å². The van der Waals surface area contributed by atoms with Gasteiger partial charge >= 0.3 is 0 Å². The van der Waals surface area contributed by atoms with Crippen LogP contribution in [0.2, 0.25) is 0 Å². The van der Waals surface area contributed by atoms with Crippen molar-refractivity contribution in [2.45, 2.75) is 22.9 Å². The van der Waals surface area contributed by atoms with E-state index in [1.54, 1.807) is 35.4 Å². The highest BCUT2D eigenvalue weighted by atomic mass is 32.2. The van der Waals surface area contributed by atoms with Crippen LogP contribution in [0.3, 0.4) is 0 Å². The fraction of sp³-hybridized carbons (Fsp3) is 0.211. The quantitative estimate of drug-likeness (QED) is 0.547. The van der Waals surface area contributed by atoms with E-state index in [9.17, 15) is 9.18 Å². The lowest BCUT2D eigenvalue weighted by molar-refractivity contribution is 0.0706. The fourth-order valence-electron chi connectivity index (χ4n) is 3.34. The van der Waals surface area contributed by atoms with Crippen LogP contribution in [0, 0.1) is 5.82 Å². The van der Waals surface area contributed by atoms with Crippen LogP contribution >= 0.6 is 11.8 Å². The maximum atomic E-state index is 13.9. The molecule has 0 fully saturated rings. The summed E-state index contributed by atoms with van der Waals surface area (Å²) < 4.78 is 16.1. The van der Waals surface area contributed by atoms with Gasteiger partial charge in [-0.2, -0.15) is 0 Å². The van der Waals surface area contributed by atoms with Crippen LogP contribution in [-0.2, 0) is 13.1 Å². The van der Waals surface area contributed by atoms with Crippen molar-refractivity contribution in [2.24, 2.45) is 0 Å². The molecule has 0 saturated carbocycles. The second kappa shape index (κ2) is 6.75. The van der Waals surface area contributed by atoms with Gasteiger partial charge < -0.3 is 4.57 Å². The molecule has 134 valence electrons. The van der Waals surface area contributed by atoms with Gasteiger partial charge in [-0.15, -0.1) is 0 Å². The molecule has 0 spiro atoms. The number of amides is 1. The fourth-order valence-corrected chi connectivity index (χ4v) is 4.41. The summed E-state index contributed by atoms with van der Waals surface area (Å²) in [4.78, 5) is 15.7. The van der Waals surface area contributed by atoms with Crippen LogP contribution in [0.4, 0.5) is 4.39 Å². The Morgan fingerprint density at radius 1 is 1.19 bits per heavy atom. The average molecular weight is 371 g/mol. The number of hydroxylamine groups is 1. The van der Waals surface area contributed by atoms with Crippen LogP contribution in [0.5, 0.6) is 0 Å². The molecular weight excluding hydrogens is 353 g/mol. The zero-order valence-electron chi connectivity index (χ0n) is 14.2. The van der Waals surface area contributed by atoms with Crippen LogP contribution in [-0.4, -0.2) is 34.2 Å². The monoisotopic (exact) mass is 371 g/mol. The molecule has 0 radical (unpaired) electrons. The summed E-state index contributed by atoms with van der Waals surface area (Å²) in [7, 11) is 2.08. The van der Waals surface area contributed by atoms with E-state index in [2.05, 4.69) is 16.5 Å². The minimum Gasteiger partial charge on any atom is -0.341 e. The van der Waals surface area contributed by atoms with Crippen molar-refractivity contribution in [1.82, 2.24) is 14.9 Å². The molecular formula is C19H18FN3O2S. The Morgan fingerprint density at radius 2 is 1.96 bits per heavy atom. The molecule has 0 saturated heterocycles. The van der Waals surface area contributed by atoms with Gasteiger partial charge in [-0.1, -0.05) is 11.8 Å². The van der Waals surface area contributed by atoms with E-state index < -0.39 is 5.91 Å². The number of hydrogen-bond donors (Lipinski definition) is 2. The first-order chi connectivity index (χ1) is 12.6. The molecule has 2 heterocycles. The molecule has 0 atom stereocenters. The average Bonchev–Trinajstić information content (AvgIpc) is 2.94. The van der Waals surface area contributed by atoms with Gasteiger partial charge in [0, 0.05) is 51.6 Å². The number of hydrogen-bond acceptors (Lipinski definition) is 4. The molecule has 1 aliphatic rings. The van der Waals surface area contributed by atoms with Crippen LogP contribution < -0.4 is 5.48 Å². The van der Waals surface area contributed by atoms with Crippen molar-refractivity contribution >= 4 is 28.6 Å². The van der Waals surface area contributed by atoms with Crippen molar-refractivity contribution in [2.75, 3.05) is 13.6 Å². The van der Waals surface area contributed by atoms with Crippen LogP contribution in [0.15, 0.2) is 52.3 Å². The third-order valence-electron chi connectivity index (χ3n) is 4.64. The SMILES string of the molecule is CN1CCn2c(c(Sc3ccc(C(=O)NO)cc3)c3cc(F)ccc32)C1. The van der Waals surface area contributed by atoms with Crippen molar-refractivity contribution in [3.63, 3.8) is 0 Å². The molecule has 4 rings (SSSR count). The smallest absolute Gasteiger partial charge is 0.274 e. The number of nitrogens with one attached hydrogen (secondary N) is 1. The van der Waals surface area contributed by atoms with E-state index in [0.29, 0.717) is 5.56 Å². The molecule has 7 heteroatoms. The van der Waals surface area contributed by atoms with Gasteiger partial charge in [-0.3, -0.25) is 14.9 Å². The predicted octanol–water partition coefficient (Wildman–Crippen LogP) is 3.50. The zero-order chi connectivity index (χ0) is 18.3. The zero-order valence-corrected chi connectivity index (χ0v) is 15.0. The number of carbonyl (C=O) groups excluding carboxylic acids is 1. The number of likely N-dealkylation sites (N-methyl/N-ethyl adjacent to an activating group) is 1. The van der Waals surface area contributed by atoms with E-state index in [1.807, 2.05) is 18.2 Å². The Hall–Kier alpha value is -2.35. The molecule has 1 aromatic heterocycles. The highest BCUT2D eigenvalue weighted by molar-refractivity contribution is 7.99. The minimum atomic E-state index is -0.544. The van der Waals surface area contributed by atoms with Gasteiger partial charge in [0.1, 0.15) is 5.82 Å². The van der Waals surface area contributed by atoms with Crippen molar-refractivity contribution in [1.29, 1.82) is 0 Å². The van der Waals surface area contributed by atoms with Crippen molar-refractivity contribution in [3.8, 4) is 0 Å². The molecule has 2 N–H and O–H groups in total. The minimum absolute atomic E-state index is 0.245. The van der Waals surface area contributed by atoms with Gasteiger partial charge in [0.25, 0.3) is 5.91 Å². The molecule has 2 aromatic carbocycles.